The Hall–Kier alpha value is -5.44. The molecule has 0 atom stereocenters. The minimum atomic E-state index is -0.567. The minimum Gasteiger partial charge on any atom is -0.490 e. The van der Waals surface area contributed by atoms with Crippen LogP contribution in [-0.4, -0.2) is 35.2 Å². The quantitative estimate of drug-likeness (QED) is 0.148. The van der Waals surface area contributed by atoms with Gasteiger partial charge in [-0.3, -0.25) is 4.79 Å². The van der Waals surface area contributed by atoms with E-state index in [0.29, 0.717) is 51.7 Å². The van der Waals surface area contributed by atoms with E-state index in [1.165, 1.54) is 4.68 Å². The summed E-state index contributed by atoms with van der Waals surface area (Å²) in [6, 6.07) is 24.8. The van der Waals surface area contributed by atoms with Crippen molar-refractivity contribution in [3.05, 3.63) is 112 Å². The molecular weight excluding hydrogens is 522 g/mol. The third-order valence-electron chi connectivity index (χ3n) is 6.43. The maximum absolute atomic E-state index is 13.5. The highest BCUT2D eigenvalue weighted by Crippen LogP contribution is 2.34. The lowest BCUT2D eigenvalue weighted by Crippen LogP contribution is -2.20. The molecule has 1 aromatic heterocycles. The highest BCUT2D eigenvalue weighted by atomic mass is 16.7. The Morgan fingerprint density at radius 1 is 0.976 bits per heavy atom. The van der Waals surface area contributed by atoms with E-state index >= 15 is 0 Å². The van der Waals surface area contributed by atoms with Crippen LogP contribution in [0.3, 0.4) is 0 Å². The van der Waals surface area contributed by atoms with Crippen molar-refractivity contribution >= 4 is 23.1 Å². The summed E-state index contributed by atoms with van der Waals surface area (Å²) in [6.07, 6.45) is 1.54. The van der Waals surface area contributed by atoms with Crippen LogP contribution in [-0.2, 0) is 0 Å². The number of aromatic nitrogens is 2. The predicted octanol–water partition coefficient (Wildman–Crippen LogP) is 5.60. The molecule has 1 aliphatic heterocycles. The number of carbonyl (C=O) groups is 1. The van der Waals surface area contributed by atoms with E-state index in [-0.39, 0.29) is 18.1 Å². The molecule has 0 N–H and O–H groups in total. The van der Waals surface area contributed by atoms with E-state index in [2.05, 4.69) is 5.10 Å². The molecule has 41 heavy (non-hydrogen) atoms. The largest absolute Gasteiger partial charge is 0.490 e. The van der Waals surface area contributed by atoms with Crippen LogP contribution < -0.4 is 24.5 Å². The molecule has 4 aromatic carbocycles. The summed E-state index contributed by atoms with van der Waals surface area (Å²) in [6.45, 7) is 4.27. The number of rotatable bonds is 7. The smallest absolute Gasteiger partial charge is 0.343 e. The topological polar surface area (TPSA) is 101 Å². The van der Waals surface area contributed by atoms with Crippen LogP contribution in [0, 0.1) is 6.92 Å². The number of carbonyl (C=O) groups excluding carboxylic acids is 1. The van der Waals surface area contributed by atoms with Crippen molar-refractivity contribution in [3.8, 4) is 34.4 Å². The number of ether oxygens (including phenoxy) is 4. The maximum atomic E-state index is 13.5. The molecule has 0 radical (unpaired) electrons. The number of aryl methyl sites for hydroxylation is 1. The molecule has 204 valence electrons. The zero-order valence-corrected chi connectivity index (χ0v) is 22.4. The Balaban J connectivity index is 1.34. The van der Waals surface area contributed by atoms with Crippen molar-refractivity contribution in [2.75, 3.05) is 13.4 Å². The molecule has 0 saturated carbocycles. The van der Waals surface area contributed by atoms with Crippen LogP contribution in [0.4, 0.5) is 0 Å². The number of nitrogens with zero attached hydrogens (tertiary/aromatic N) is 3. The first-order chi connectivity index (χ1) is 20.0. The van der Waals surface area contributed by atoms with Gasteiger partial charge in [-0.2, -0.15) is 9.78 Å². The van der Waals surface area contributed by atoms with E-state index in [9.17, 15) is 9.59 Å². The molecular formula is C32H25N3O6. The van der Waals surface area contributed by atoms with Crippen LogP contribution in [0.1, 0.15) is 28.4 Å². The molecule has 0 fully saturated rings. The van der Waals surface area contributed by atoms with Crippen LogP contribution in [0.25, 0.3) is 22.3 Å². The zero-order valence-electron chi connectivity index (χ0n) is 22.4. The highest BCUT2D eigenvalue weighted by molar-refractivity contribution is 5.92. The lowest BCUT2D eigenvalue weighted by atomic mass is 10.1. The van der Waals surface area contributed by atoms with Crippen molar-refractivity contribution in [3.63, 3.8) is 0 Å². The molecule has 0 spiro atoms. The standard InChI is InChI=1S/C32H25N3O6/c1-3-38-28-16-21(11-13-27(28)41-32(37)23-12-14-26-29(17-23)40-19-39-26)18-33-35-30(22-8-6-7-20(2)15-22)34-25-10-5-4-9-24(25)31(35)36/h4-18H,3,19H2,1-2H3. The number of para-hydroxylation sites is 1. The third kappa shape index (κ3) is 5.25. The highest BCUT2D eigenvalue weighted by Gasteiger charge is 2.19. The minimum absolute atomic E-state index is 0.110. The van der Waals surface area contributed by atoms with E-state index in [0.717, 1.165) is 11.1 Å². The van der Waals surface area contributed by atoms with Gasteiger partial charge in [0.1, 0.15) is 0 Å². The average Bonchev–Trinajstić information content (AvgIpc) is 3.46. The first-order valence-corrected chi connectivity index (χ1v) is 13.0. The number of hydrogen-bond donors (Lipinski definition) is 0. The van der Waals surface area contributed by atoms with Gasteiger partial charge in [0, 0.05) is 5.56 Å². The van der Waals surface area contributed by atoms with Gasteiger partial charge in [0.15, 0.2) is 28.8 Å². The predicted molar refractivity (Wildman–Crippen MR) is 154 cm³/mol. The summed E-state index contributed by atoms with van der Waals surface area (Å²) < 4.78 is 23.4. The summed E-state index contributed by atoms with van der Waals surface area (Å²) in [5.41, 5.74) is 3.05. The van der Waals surface area contributed by atoms with Gasteiger partial charge in [0.25, 0.3) is 5.56 Å². The molecule has 6 rings (SSSR count). The van der Waals surface area contributed by atoms with Crippen molar-refractivity contribution in [1.82, 2.24) is 9.66 Å². The number of fused-ring (bicyclic) bond motifs is 2. The SMILES string of the molecule is CCOc1cc(C=Nn2c(-c3cccc(C)c3)nc3ccccc3c2=O)ccc1OC(=O)c1ccc2c(c1)OCO2. The second-order valence-corrected chi connectivity index (χ2v) is 9.28. The summed E-state index contributed by atoms with van der Waals surface area (Å²) >= 11 is 0. The van der Waals surface area contributed by atoms with Crippen LogP contribution >= 0.6 is 0 Å². The average molecular weight is 548 g/mol. The summed E-state index contributed by atoms with van der Waals surface area (Å²) in [5.74, 6) is 1.52. The van der Waals surface area contributed by atoms with E-state index < -0.39 is 5.97 Å². The third-order valence-corrected chi connectivity index (χ3v) is 6.43. The van der Waals surface area contributed by atoms with Gasteiger partial charge in [0.05, 0.1) is 29.3 Å². The van der Waals surface area contributed by atoms with E-state index in [1.807, 2.05) is 50.2 Å². The van der Waals surface area contributed by atoms with E-state index in [1.54, 1.807) is 54.7 Å². The molecule has 2 heterocycles. The normalized spacial score (nSPS) is 12.1. The van der Waals surface area contributed by atoms with Gasteiger partial charge in [-0.15, -0.1) is 0 Å². The summed E-state index contributed by atoms with van der Waals surface area (Å²) in [4.78, 5) is 31.1. The Bertz CT molecular complexity index is 1880. The van der Waals surface area contributed by atoms with E-state index in [4.69, 9.17) is 23.9 Å². The molecule has 0 unspecified atom stereocenters. The zero-order chi connectivity index (χ0) is 28.3. The maximum Gasteiger partial charge on any atom is 0.343 e. The van der Waals surface area contributed by atoms with Crippen LogP contribution in [0.2, 0.25) is 0 Å². The molecule has 9 heteroatoms. The Morgan fingerprint density at radius 3 is 2.68 bits per heavy atom. The molecule has 5 aromatic rings. The van der Waals surface area contributed by atoms with Gasteiger partial charge < -0.3 is 18.9 Å². The Morgan fingerprint density at radius 2 is 1.83 bits per heavy atom. The Kier molecular flexibility index (Phi) is 6.91. The molecule has 0 aliphatic carbocycles. The second-order valence-electron chi connectivity index (χ2n) is 9.28. The first-order valence-electron chi connectivity index (χ1n) is 13.0. The summed E-state index contributed by atoms with van der Waals surface area (Å²) in [7, 11) is 0. The van der Waals surface area contributed by atoms with Crippen LogP contribution in [0.15, 0.2) is 94.8 Å². The Labute approximate surface area is 235 Å². The fourth-order valence-electron chi connectivity index (χ4n) is 4.47. The van der Waals surface area contributed by atoms with Gasteiger partial charge in [-0.05, 0) is 74.0 Å². The monoisotopic (exact) mass is 547 g/mol. The van der Waals surface area contributed by atoms with Crippen LogP contribution in [0.5, 0.6) is 23.0 Å². The van der Waals surface area contributed by atoms with Gasteiger partial charge in [0.2, 0.25) is 6.79 Å². The number of benzene rings is 4. The van der Waals surface area contributed by atoms with Gasteiger partial charge >= 0.3 is 5.97 Å². The fourth-order valence-corrected chi connectivity index (χ4v) is 4.47. The lowest BCUT2D eigenvalue weighted by Gasteiger charge is -2.12. The van der Waals surface area contributed by atoms with Gasteiger partial charge in [-0.1, -0.05) is 35.9 Å². The second kappa shape index (κ2) is 11.0. The van der Waals surface area contributed by atoms with Crippen molar-refractivity contribution in [2.45, 2.75) is 13.8 Å². The first kappa shape index (κ1) is 25.8. The fraction of sp³-hybridized carbons (Fsp3) is 0.125. The summed E-state index contributed by atoms with van der Waals surface area (Å²) in [5, 5.41) is 4.99. The lowest BCUT2D eigenvalue weighted by molar-refractivity contribution is 0.0728. The van der Waals surface area contributed by atoms with Crippen molar-refractivity contribution in [1.29, 1.82) is 0 Å². The molecule has 0 amide bonds. The molecule has 0 saturated heterocycles. The number of hydrogen-bond acceptors (Lipinski definition) is 8. The molecule has 1 aliphatic rings. The van der Waals surface area contributed by atoms with Crippen molar-refractivity contribution in [2.24, 2.45) is 5.10 Å². The number of esters is 1. The molecule has 0 bridgehead atoms. The molecule has 9 nitrogen and oxygen atoms in total. The van der Waals surface area contributed by atoms with Gasteiger partial charge in [-0.25, -0.2) is 9.78 Å². The van der Waals surface area contributed by atoms with Crippen molar-refractivity contribution < 1.29 is 23.7 Å².